The maximum absolute atomic E-state index is 9.33. The van der Waals surface area contributed by atoms with Crippen molar-refractivity contribution in [3.8, 4) is 0 Å². The molecule has 0 aromatic carbocycles. The lowest BCUT2D eigenvalue weighted by Crippen LogP contribution is -2.33. The Labute approximate surface area is 118 Å². The third-order valence-corrected chi connectivity index (χ3v) is 3.70. The summed E-state index contributed by atoms with van der Waals surface area (Å²) < 4.78 is 1.98. The molecule has 0 aliphatic heterocycles. The Morgan fingerprint density at radius 1 is 1.40 bits per heavy atom. The SMILES string of the molecule is CCCNc1cn2ccnc2c(NCC2CC(O)C2)n1. The molecule has 1 aliphatic rings. The fraction of sp³-hybridized carbons (Fsp3) is 0.571. The number of imidazole rings is 1. The van der Waals surface area contributed by atoms with Crippen molar-refractivity contribution in [2.75, 3.05) is 23.7 Å². The van der Waals surface area contributed by atoms with Crippen LogP contribution >= 0.6 is 0 Å². The van der Waals surface area contributed by atoms with Crippen LogP contribution in [0.3, 0.4) is 0 Å². The highest BCUT2D eigenvalue weighted by atomic mass is 16.3. The molecule has 3 rings (SSSR count). The van der Waals surface area contributed by atoms with Gasteiger partial charge in [0, 0.05) is 25.5 Å². The average Bonchev–Trinajstić information content (AvgIpc) is 2.88. The Bertz CT molecular complexity index is 576. The van der Waals surface area contributed by atoms with Gasteiger partial charge in [-0.25, -0.2) is 9.97 Å². The van der Waals surface area contributed by atoms with E-state index in [0.29, 0.717) is 5.92 Å². The summed E-state index contributed by atoms with van der Waals surface area (Å²) in [5.74, 6) is 2.19. The molecule has 6 nitrogen and oxygen atoms in total. The van der Waals surface area contributed by atoms with Gasteiger partial charge >= 0.3 is 0 Å². The molecule has 1 fully saturated rings. The van der Waals surface area contributed by atoms with Gasteiger partial charge in [0.2, 0.25) is 0 Å². The molecule has 6 heteroatoms. The van der Waals surface area contributed by atoms with Crippen molar-refractivity contribution in [3.63, 3.8) is 0 Å². The predicted octanol–water partition coefficient (Wildman–Crippen LogP) is 1.73. The number of hydrogen-bond acceptors (Lipinski definition) is 5. The van der Waals surface area contributed by atoms with Gasteiger partial charge in [-0.2, -0.15) is 0 Å². The lowest BCUT2D eigenvalue weighted by molar-refractivity contribution is 0.0486. The van der Waals surface area contributed by atoms with Crippen LogP contribution in [0, 0.1) is 5.92 Å². The van der Waals surface area contributed by atoms with Crippen molar-refractivity contribution in [2.45, 2.75) is 32.3 Å². The first-order chi connectivity index (χ1) is 9.76. The largest absolute Gasteiger partial charge is 0.393 e. The number of aliphatic hydroxyl groups excluding tert-OH is 1. The molecule has 20 heavy (non-hydrogen) atoms. The van der Waals surface area contributed by atoms with Crippen LogP contribution in [0.15, 0.2) is 18.6 Å². The van der Waals surface area contributed by atoms with E-state index in [9.17, 15) is 5.11 Å². The first kappa shape index (κ1) is 13.2. The third-order valence-electron chi connectivity index (χ3n) is 3.70. The standard InChI is InChI=1S/C14H21N5O/c1-2-3-15-12-9-19-5-4-16-14(19)13(18-12)17-8-10-6-11(20)7-10/h4-5,9-11,15,20H,2-3,6-8H2,1H3,(H,17,18). The molecule has 3 N–H and O–H groups in total. The molecule has 0 amide bonds. The van der Waals surface area contributed by atoms with Gasteiger partial charge in [0.15, 0.2) is 11.5 Å². The molecule has 0 radical (unpaired) electrons. The number of fused-ring (bicyclic) bond motifs is 1. The molecule has 0 spiro atoms. The minimum atomic E-state index is -0.112. The number of nitrogens with zero attached hydrogens (tertiary/aromatic N) is 3. The zero-order valence-electron chi connectivity index (χ0n) is 11.7. The van der Waals surface area contributed by atoms with E-state index in [2.05, 4.69) is 27.5 Å². The van der Waals surface area contributed by atoms with E-state index in [0.717, 1.165) is 49.6 Å². The van der Waals surface area contributed by atoms with Gasteiger partial charge in [-0.05, 0) is 25.2 Å². The van der Waals surface area contributed by atoms with E-state index in [1.807, 2.05) is 16.8 Å². The highest BCUT2D eigenvalue weighted by Gasteiger charge is 2.27. The van der Waals surface area contributed by atoms with Gasteiger partial charge in [0.05, 0.1) is 12.3 Å². The summed E-state index contributed by atoms with van der Waals surface area (Å²) in [6.45, 7) is 3.87. The molecule has 1 aliphatic carbocycles. The Morgan fingerprint density at radius 2 is 2.25 bits per heavy atom. The third kappa shape index (κ3) is 2.70. The molecule has 2 heterocycles. The van der Waals surface area contributed by atoms with Crippen LogP contribution in [0.1, 0.15) is 26.2 Å². The van der Waals surface area contributed by atoms with E-state index in [1.165, 1.54) is 0 Å². The van der Waals surface area contributed by atoms with Crippen molar-refractivity contribution in [1.82, 2.24) is 14.4 Å². The lowest BCUT2D eigenvalue weighted by Gasteiger charge is -2.31. The lowest BCUT2D eigenvalue weighted by atomic mass is 9.82. The second kappa shape index (κ2) is 5.66. The summed E-state index contributed by atoms with van der Waals surface area (Å²) in [4.78, 5) is 8.93. The van der Waals surface area contributed by atoms with E-state index in [4.69, 9.17) is 0 Å². The van der Waals surface area contributed by atoms with E-state index >= 15 is 0 Å². The van der Waals surface area contributed by atoms with Crippen LogP contribution in [-0.2, 0) is 0 Å². The second-order valence-electron chi connectivity index (χ2n) is 5.43. The van der Waals surface area contributed by atoms with Crippen molar-refractivity contribution in [2.24, 2.45) is 5.92 Å². The van der Waals surface area contributed by atoms with Gasteiger partial charge < -0.3 is 20.1 Å². The maximum Gasteiger partial charge on any atom is 0.180 e. The molecular weight excluding hydrogens is 254 g/mol. The minimum absolute atomic E-state index is 0.112. The summed E-state index contributed by atoms with van der Waals surface area (Å²) >= 11 is 0. The highest BCUT2D eigenvalue weighted by Crippen LogP contribution is 2.27. The van der Waals surface area contributed by atoms with Crippen molar-refractivity contribution in [3.05, 3.63) is 18.6 Å². The van der Waals surface area contributed by atoms with Gasteiger partial charge in [-0.15, -0.1) is 0 Å². The molecule has 0 atom stereocenters. The van der Waals surface area contributed by atoms with E-state index in [1.54, 1.807) is 6.20 Å². The number of nitrogens with one attached hydrogen (secondary N) is 2. The number of aromatic nitrogens is 3. The number of rotatable bonds is 6. The highest BCUT2D eigenvalue weighted by molar-refractivity contribution is 5.65. The number of anilines is 2. The maximum atomic E-state index is 9.33. The van der Waals surface area contributed by atoms with E-state index < -0.39 is 0 Å². The van der Waals surface area contributed by atoms with Crippen LogP contribution in [0.5, 0.6) is 0 Å². The normalized spacial score (nSPS) is 21.7. The Balaban J connectivity index is 1.74. The minimum Gasteiger partial charge on any atom is -0.393 e. The summed E-state index contributed by atoms with van der Waals surface area (Å²) in [6.07, 6.45) is 8.36. The van der Waals surface area contributed by atoms with Gasteiger partial charge in [0.1, 0.15) is 5.82 Å². The fourth-order valence-corrected chi connectivity index (χ4v) is 2.50. The van der Waals surface area contributed by atoms with Crippen LogP contribution in [0.4, 0.5) is 11.6 Å². The topological polar surface area (TPSA) is 74.5 Å². The molecule has 2 aromatic heterocycles. The van der Waals surface area contributed by atoms with Crippen molar-refractivity contribution >= 4 is 17.3 Å². The number of aliphatic hydroxyl groups is 1. The summed E-state index contributed by atoms with van der Waals surface area (Å²) in [6, 6.07) is 0. The van der Waals surface area contributed by atoms with Crippen LogP contribution < -0.4 is 10.6 Å². The van der Waals surface area contributed by atoms with Crippen molar-refractivity contribution < 1.29 is 5.11 Å². The average molecular weight is 275 g/mol. The first-order valence-corrected chi connectivity index (χ1v) is 7.25. The van der Waals surface area contributed by atoms with Crippen LogP contribution in [-0.4, -0.2) is 38.7 Å². The Kier molecular flexibility index (Phi) is 3.73. The predicted molar refractivity (Wildman–Crippen MR) is 79.0 cm³/mol. The molecule has 0 unspecified atom stereocenters. The molecule has 108 valence electrons. The quantitative estimate of drug-likeness (QED) is 0.748. The fourth-order valence-electron chi connectivity index (χ4n) is 2.50. The van der Waals surface area contributed by atoms with Crippen LogP contribution in [0.2, 0.25) is 0 Å². The molecular formula is C14H21N5O. The van der Waals surface area contributed by atoms with E-state index in [-0.39, 0.29) is 6.10 Å². The Hall–Kier alpha value is -1.82. The zero-order chi connectivity index (χ0) is 13.9. The van der Waals surface area contributed by atoms with Gasteiger partial charge in [-0.3, -0.25) is 0 Å². The smallest absolute Gasteiger partial charge is 0.180 e. The first-order valence-electron chi connectivity index (χ1n) is 7.25. The summed E-state index contributed by atoms with van der Waals surface area (Å²) in [7, 11) is 0. The number of hydrogen-bond donors (Lipinski definition) is 3. The molecule has 2 aromatic rings. The van der Waals surface area contributed by atoms with Gasteiger partial charge in [0.25, 0.3) is 0 Å². The van der Waals surface area contributed by atoms with Gasteiger partial charge in [-0.1, -0.05) is 6.92 Å². The Morgan fingerprint density at radius 3 is 3.00 bits per heavy atom. The van der Waals surface area contributed by atoms with Crippen molar-refractivity contribution in [1.29, 1.82) is 0 Å². The monoisotopic (exact) mass is 275 g/mol. The molecule has 1 saturated carbocycles. The second-order valence-corrected chi connectivity index (χ2v) is 5.43. The van der Waals surface area contributed by atoms with Crippen LogP contribution in [0.25, 0.3) is 5.65 Å². The summed E-state index contributed by atoms with van der Waals surface area (Å²) in [5, 5.41) is 16.0. The zero-order valence-corrected chi connectivity index (χ0v) is 11.7. The molecule has 0 saturated heterocycles. The summed E-state index contributed by atoms with van der Waals surface area (Å²) in [5.41, 5.74) is 0.840. The molecule has 0 bridgehead atoms.